The van der Waals surface area contributed by atoms with Crippen molar-refractivity contribution < 1.29 is 14.4 Å². The third-order valence-corrected chi connectivity index (χ3v) is 8.66. The summed E-state index contributed by atoms with van der Waals surface area (Å²) >= 11 is 1.43. The first-order chi connectivity index (χ1) is 22.2. The van der Waals surface area contributed by atoms with Crippen molar-refractivity contribution in [2.75, 3.05) is 10.6 Å². The molecule has 0 saturated heterocycles. The molecule has 230 valence electrons. The largest absolute Gasteiger partial charge is 0.325 e. The van der Waals surface area contributed by atoms with E-state index >= 15 is 0 Å². The van der Waals surface area contributed by atoms with Crippen LogP contribution in [-0.2, 0) is 9.59 Å². The Hall–Kier alpha value is -5.40. The molecule has 0 fully saturated rings. The molecule has 1 atom stereocenters. The minimum atomic E-state index is -0.500. The minimum Gasteiger partial charge on any atom is -0.325 e. The highest BCUT2D eigenvalue weighted by atomic mass is 32.2. The molecule has 1 unspecified atom stereocenters. The van der Waals surface area contributed by atoms with E-state index in [1.54, 1.807) is 42.5 Å². The first-order valence-electron chi connectivity index (χ1n) is 14.9. The van der Waals surface area contributed by atoms with Crippen molar-refractivity contribution in [2.24, 2.45) is 0 Å². The summed E-state index contributed by atoms with van der Waals surface area (Å²) in [5.41, 5.74) is 6.88. The minimum absolute atomic E-state index is 0.114. The summed E-state index contributed by atoms with van der Waals surface area (Å²) in [7, 11) is 0. The molecule has 0 heterocycles. The van der Waals surface area contributed by atoms with Crippen LogP contribution >= 0.6 is 11.8 Å². The lowest BCUT2D eigenvalue weighted by Gasteiger charge is -2.18. The van der Waals surface area contributed by atoms with E-state index in [1.165, 1.54) is 11.8 Å². The molecule has 7 heteroatoms. The predicted molar refractivity (Wildman–Crippen MR) is 188 cm³/mol. The molecule has 3 amide bonds. The van der Waals surface area contributed by atoms with Gasteiger partial charge < -0.3 is 16.0 Å². The number of hydrogen-bond donors (Lipinski definition) is 3. The van der Waals surface area contributed by atoms with Gasteiger partial charge in [-0.15, -0.1) is 11.8 Å². The van der Waals surface area contributed by atoms with Crippen LogP contribution in [0.4, 0.5) is 11.4 Å². The summed E-state index contributed by atoms with van der Waals surface area (Å²) in [5.74, 6) is -0.969. The average molecular weight is 626 g/mol. The van der Waals surface area contributed by atoms with E-state index in [2.05, 4.69) is 16.0 Å². The number of carbonyl (C=O) groups is 3. The van der Waals surface area contributed by atoms with Crippen molar-refractivity contribution in [1.29, 1.82) is 0 Å². The molecule has 0 spiro atoms. The van der Waals surface area contributed by atoms with Gasteiger partial charge in [-0.2, -0.15) is 0 Å². The molecule has 0 aliphatic rings. The lowest BCUT2D eigenvalue weighted by atomic mass is 10.1. The number of amides is 3. The zero-order chi connectivity index (χ0) is 32.5. The van der Waals surface area contributed by atoms with Crippen LogP contribution in [0, 0.1) is 20.8 Å². The van der Waals surface area contributed by atoms with Gasteiger partial charge in [-0.3, -0.25) is 14.4 Å². The van der Waals surface area contributed by atoms with Crippen molar-refractivity contribution in [1.82, 2.24) is 5.32 Å². The molecule has 0 bridgehead atoms. The summed E-state index contributed by atoms with van der Waals surface area (Å²) < 4.78 is 0. The molecule has 5 aromatic carbocycles. The standard InChI is InChI=1S/C39H35N3O3S/c1-26-14-17-29(18-15-26)25-35(42-37(43)31-12-8-5-9-13-31)38(44)40-32-20-22-34(23-21-32)46-36(30-10-6-4-7-11-30)39(45)41-33-19-16-27(2)28(3)24-33/h4-25,36H,1-3H3,(H,40,44)(H,41,45)(H,42,43)/b35-25-. The fourth-order valence-electron chi connectivity index (χ4n) is 4.65. The number of anilines is 2. The van der Waals surface area contributed by atoms with Crippen LogP contribution in [0.25, 0.3) is 6.08 Å². The van der Waals surface area contributed by atoms with E-state index in [4.69, 9.17) is 0 Å². The molecule has 46 heavy (non-hydrogen) atoms. The first-order valence-corrected chi connectivity index (χ1v) is 15.8. The van der Waals surface area contributed by atoms with E-state index in [-0.39, 0.29) is 17.5 Å². The summed E-state index contributed by atoms with van der Waals surface area (Å²) in [4.78, 5) is 40.8. The van der Waals surface area contributed by atoms with Gasteiger partial charge in [0, 0.05) is 21.8 Å². The predicted octanol–water partition coefficient (Wildman–Crippen LogP) is 8.49. The Bertz CT molecular complexity index is 1850. The number of thioether (sulfide) groups is 1. The van der Waals surface area contributed by atoms with Gasteiger partial charge in [0.05, 0.1) is 0 Å². The van der Waals surface area contributed by atoms with E-state index in [9.17, 15) is 14.4 Å². The molecule has 0 aliphatic heterocycles. The molecular weight excluding hydrogens is 591 g/mol. The molecule has 3 N–H and O–H groups in total. The van der Waals surface area contributed by atoms with Gasteiger partial charge in [-0.1, -0.05) is 84.4 Å². The quantitative estimate of drug-likeness (QED) is 0.107. The molecule has 0 aromatic heterocycles. The lowest BCUT2D eigenvalue weighted by molar-refractivity contribution is -0.116. The van der Waals surface area contributed by atoms with E-state index in [0.717, 1.165) is 38.4 Å². The fourth-order valence-corrected chi connectivity index (χ4v) is 5.68. The van der Waals surface area contributed by atoms with Gasteiger partial charge >= 0.3 is 0 Å². The molecule has 6 nitrogen and oxygen atoms in total. The molecular formula is C39H35N3O3S. The van der Waals surface area contributed by atoms with E-state index in [1.807, 2.05) is 112 Å². The smallest absolute Gasteiger partial charge is 0.272 e. The van der Waals surface area contributed by atoms with Crippen LogP contribution in [0.15, 0.2) is 138 Å². The number of aryl methyl sites for hydroxylation is 3. The number of rotatable bonds is 10. The highest BCUT2D eigenvalue weighted by Gasteiger charge is 2.23. The monoisotopic (exact) mass is 625 g/mol. The Balaban J connectivity index is 1.32. The highest BCUT2D eigenvalue weighted by molar-refractivity contribution is 8.00. The van der Waals surface area contributed by atoms with Crippen LogP contribution in [0.1, 0.15) is 43.4 Å². The van der Waals surface area contributed by atoms with Crippen LogP contribution in [0.2, 0.25) is 0 Å². The Morgan fingerprint density at radius 3 is 1.93 bits per heavy atom. The van der Waals surface area contributed by atoms with Gasteiger partial charge in [-0.05, 0) is 97.6 Å². The summed E-state index contributed by atoms with van der Waals surface area (Å²) in [5, 5.41) is 8.24. The SMILES string of the molecule is Cc1ccc(/C=C(\NC(=O)c2ccccc2)C(=O)Nc2ccc(SC(C(=O)Nc3ccc(C)c(C)c3)c3ccccc3)cc2)cc1. The third kappa shape index (κ3) is 8.61. The van der Waals surface area contributed by atoms with E-state index in [0.29, 0.717) is 11.3 Å². The maximum Gasteiger partial charge on any atom is 0.272 e. The van der Waals surface area contributed by atoms with Gasteiger partial charge in [0.2, 0.25) is 5.91 Å². The number of benzene rings is 5. The summed E-state index contributed by atoms with van der Waals surface area (Å²) in [6.45, 7) is 6.05. The lowest BCUT2D eigenvalue weighted by Crippen LogP contribution is -2.30. The van der Waals surface area contributed by atoms with Crippen LogP contribution < -0.4 is 16.0 Å². The Morgan fingerprint density at radius 2 is 1.28 bits per heavy atom. The number of nitrogens with one attached hydrogen (secondary N) is 3. The second-order valence-corrected chi connectivity index (χ2v) is 12.1. The normalized spacial score (nSPS) is 11.8. The Morgan fingerprint density at radius 1 is 0.652 bits per heavy atom. The average Bonchev–Trinajstić information content (AvgIpc) is 3.07. The molecule has 0 radical (unpaired) electrons. The maximum absolute atomic E-state index is 13.5. The van der Waals surface area contributed by atoms with Crippen molar-refractivity contribution in [3.05, 3.63) is 166 Å². The Labute approximate surface area is 274 Å². The van der Waals surface area contributed by atoms with Crippen LogP contribution in [0.5, 0.6) is 0 Å². The molecule has 5 aromatic rings. The zero-order valence-electron chi connectivity index (χ0n) is 25.9. The molecule has 0 saturated carbocycles. The molecule has 5 rings (SSSR count). The van der Waals surface area contributed by atoms with Crippen LogP contribution in [-0.4, -0.2) is 17.7 Å². The van der Waals surface area contributed by atoms with Gasteiger partial charge in [0.1, 0.15) is 10.9 Å². The highest BCUT2D eigenvalue weighted by Crippen LogP contribution is 2.37. The zero-order valence-corrected chi connectivity index (χ0v) is 26.7. The van der Waals surface area contributed by atoms with Crippen molar-refractivity contribution >= 4 is 46.9 Å². The van der Waals surface area contributed by atoms with Gasteiger partial charge in [0.25, 0.3) is 11.8 Å². The second kappa shape index (κ2) is 15.1. The fraction of sp³-hybridized carbons (Fsp3) is 0.103. The third-order valence-electron chi connectivity index (χ3n) is 7.40. The summed E-state index contributed by atoms with van der Waals surface area (Å²) in [6.07, 6.45) is 1.65. The van der Waals surface area contributed by atoms with Gasteiger partial charge in [0.15, 0.2) is 0 Å². The van der Waals surface area contributed by atoms with Crippen molar-refractivity contribution in [3.8, 4) is 0 Å². The maximum atomic E-state index is 13.5. The van der Waals surface area contributed by atoms with Crippen molar-refractivity contribution in [2.45, 2.75) is 30.9 Å². The second-order valence-electron chi connectivity index (χ2n) is 11.0. The number of carbonyl (C=O) groups excluding carboxylic acids is 3. The molecule has 0 aliphatic carbocycles. The topological polar surface area (TPSA) is 87.3 Å². The van der Waals surface area contributed by atoms with Crippen LogP contribution in [0.3, 0.4) is 0 Å². The van der Waals surface area contributed by atoms with Crippen molar-refractivity contribution in [3.63, 3.8) is 0 Å². The first kappa shape index (κ1) is 32.0. The summed E-state index contributed by atoms with van der Waals surface area (Å²) in [6, 6.07) is 39.3. The number of hydrogen-bond acceptors (Lipinski definition) is 4. The van der Waals surface area contributed by atoms with E-state index < -0.39 is 11.2 Å². The Kier molecular flexibility index (Phi) is 10.5. The van der Waals surface area contributed by atoms with Gasteiger partial charge in [-0.25, -0.2) is 0 Å².